The van der Waals surface area contributed by atoms with Crippen LogP contribution in [0.15, 0.2) is 57.7 Å². The van der Waals surface area contributed by atoms with Crippen LogP contribution in [-0.4, -0.2) is 4.98 Å². The molecule has 0 spiro atoms. The third kappa shape index (κ3) is 1.25. The van der Waals surface area contributed by atoms with Gasteiger partial charge >= 0.3 is 0 Å². The zero-order valence-electron chi connectivity index (χ0n) is 9.35. The number of furan rings is 1. The maximum atomic E-state index is 5.92. The van der Waals surface area contributed by atoms with Crippen molar-refractivity contribution in [1.82, 2.24) is 4.98 Å². The van der Waals surface area contributed by atoms with Crippen molar-refractivity contribution in [2.75, 3.05) is 0 Å². The first-order valence-electron chi connectivity index (χ1n) is 5.68. The van der Waals surface area contributed by atoms with E-state index < -0.39 is 0 Å². The van der Waals surface area contributed by atoms with Gasteiger partial charge in [-0.1, -0.05) is 18.2 Å². The van der Waals surface area contributed by atoms with E-state index in [4.69, 9.17) is 4.42 Å². The monoisotopic (exact) mass is 297 g/mol. The first-order valence-corrected chi connectivity index (χ1v) is 6.47. The molecule has 3 heteroatoms. The van der Waals surface area contributed by atoms with Crippen LogP contribution in [0.3, 0.4) is 0 Å². The van der Waals surface area contributed by atoms with E-state index in [2.05, 4.69) is 33.0 Å². The third-order valence-electron chi connectivity index (χ3n) is 3.22. The lowest BCUT2D eigenvalue weighted by atomic mass is 10.1. The molecule has 0 aliphatic rings. The van der Waals surface area contributed by atoms with Crippen molar-refractivity contribution in [2.45, 2.75) is 0 Å². The molecule has 0 aliphatic carbocycles. The maximum Gasteiger partial charge on any atom is 0.150 e. The summed E-state index contributed by atoms with van der Waals surface area (Å²) in [7, 11) is 0. The molecule has 4 rings (SSSR count). The molecule has 0 radical (unpaired) electrons. The summed E-state index contributed by atoms with van der Waals surface area (Å²) in [5, 5.41) is 4.55. The molecule has 0 N–H and O–H groups in total. The molecule has 2 aromatic heterocycles. The van der Waals surface area contributed by atoms with Crippen LogP contribution in [0, 0.1) is 0 Å². The first kappa shape index (κ1) is 10.1. The number of fused-ring (bicyclic) bond motifs is 5. The summed E-state index contributed by atoms with van der Waals surface area (Å²) in [5.74, 6) is 0. The van der Waals surface area contributed by atoms with Crippen LogP contribution >= 0.6 is 15.9 Å². The Balaban J connectivity index is 2.41. The summed E-state index contributed by atoms with van der Waals surface area (Å²) in [6.07, 6.45) is 3.70. The third-order valence-corrected chi connectivity index (χ3v) is 3.81. The lowest BCUT2D eigenvalue weighted by Gasteiger charge is -2.00. The van der Waals surface area contributed by atoms with Gasteiger partial charge in [0.05, 0.1) is 4.47 Å². The maximum absolute atomic E-state index is 5.92. The van der Waals surface area contributed by atoms with Gasteiger partial charge in [-0.2, -0.15) is 0 Å². The van der Waals surface area contributed by atoms with E-state index in [0.717, 1.165) is 37.2 Å². The molecule has 0 bridgehead atoms. The Morgan fingerprint density at radius 1 is 1.06 bits per heavy atom. The van der Waals surface area contributed by atoms with E-state index in [1.807, 2.05) is 36.7 Å². The van der Waals surface area contributed by atoms with Crippen molar-refractivity contribution < 1.29 is 4.42 Å². The van der Waals surface area contributed by atoms with Gasteiger partial charge in [0.2, 0.25) is 0 Å². The van der Waals surface area contributed by atoms with Crippen molar-refractivity contribution >= 4 is 48.6 Å². The Morgan fingerprint density at radius 2 is 1.94 bits per heavy atom. The number of nitrogens with zero attached hydrogens (tertiary/aromatic N) is 1. The number of hydrogen-bond acceptors (Lipinski definition) is 2. The second-order valence-electron chi connectivity index (χ2n) is 4.26. The number of para-hydroxylation sites is 1. The zero-order valence-corrected chi connectivity index (χ0v) is 10.9. The molecule has 0 saturated carbocycles. The van der Waals surface area contributed by atoms with Gasteiger partial charge in [0.15, 0.2) is 0 Å². The Hall–Kier alpha value is -1.87. The van der Waals surface area contributed by atoms with Crippen LogP contribution in [-0.2, 0) is 0 Å². The van der Waals surface area contributed by atoms with E-state index in [1.165, 1.54) is 0 Å². The summed E-state index contributed by atoms with van der Waals surface area (Å²) < 4.78 is 6.90. The predicted molar refractivity (Wildman–Crippen MR) is 76.7 cm³/mol. The van der Waals surface area contributed by atoms with Crippen molar-refractivity contribution in [3.8, 4) is 0 Å². The van der Waals surface area contributed by atoms with Gasteiger partial charge in [-0.3, -0.25) is 4.98 Å². The number of rotatable bonds is 0. The molecule has 2 aromatic carbocycles. The van der Waals surface area contributed by atoms with Gasteiger partial charge in [0.25, 0.3) is 0 Å². The highest BCUT2D eigenvalue weighted by atomic mass is 79.9. The molecule has 0 saturated heterocycles. The van der Waals surface area contributed by atoms with E-state index in [-0.39, 0.29) is 0 Å². The Labute approximate surface area is 111 Å². The number of halogens is 1. The molecule has 2 nitrogen and oxygen atoms in total. The summed E-state index contributed by atoms with van der Waals surface area (Å²) in [5.41, 5.74) is 1.79. The van der Waals surface area contributed by atoms with Gasteiger partial charge in [0, 0.05) is 28.6 Å². The van der Waals surface area contributed by atoms with Crippen LogP contribution in [0.25, 0.3) is 32.7 Å². The molecule has 86 valence electrons. The van der Waals surface area contributed by atoms with Crippen molar-refractivity contribution in [1.29, 1.82) is 0 Å². The van der Waals surface area contributed by atoms with Crippen LogP contribution < -0.4 is 0 Å². The lowest BCUT2D eigenvalue weighted by molar-refractivity contribution is 0.667. The van der Waals surface area contributed by atoms with Crippen molar-refractivity contribution in [3.05, 3.63) is 53.3 Å². The molecule has 18 heavy (non-hydrogen) atoms. The fourth-order valence-electron chi connectivity index (χ4n) is 2.42. The van der Waals surface area contributed by atoms with Gasteiger partial charge in [-0.05, 0) is 39.5 Å². The second kappa shape index (κ2) is 3.56. The summed E-state index contributed by atoms with van der Waals surface area (Å²) in [4.78, 5) is 4.22. The largest absolute Gasteiger partial charge is 0.455 e. The summed E-state index contributed by atoms with van der Waals surface area (Å²) in [6.45, 7) is 0. The van der Waals surface area contributed by atoms with Gasteiger partial charge in [-0.15, -0.1) is 0 Å². The van der Waals surface area contributed by atoms with E-state index >= 15 is 0 Å². The summed E-state index contributed by atoms with van der Waals surface area (Å²) in [6, 6.07) is 12.2. The highest BCUT2D eigenvalue weighted by Gasteiger charge is 2.13. The van der Waals surface area contributed by atoms with Gasteiger partial charge in [0.1, 0.15) is 11.2 Å². The highest BCUT2D eigenvalue weighted by Crippen LogP contribution is 2.38. The average Bonchev–Trinajstić information content (AvgIpc) is 2.79. The second-order valence-corrected chi connectivity index (χ2v) is 5.11. The number of aromatic nitrogens is 1. The SMILES string of the molecule is Brc1cc2ccncc2c2c1oc1ccccc12. The quantitative estimate of drug-likeness (QED) is 0.461. The van der Waals surface area contributed by atoms with Crippen LogP contribution in [0.4, 0.5) is 0 Å². The Morgan fingerprint density at radius 3 is 2.89 bits per heavy atom. The number of pyridine rings is 1. The van der Waals surface area contributed by atoms with Crippen LogP contribution in [0.1, 0.15) is 0 Å². The van der Waals surface area contributed by atoms with E-state index in [1.54, 1.807) is 0 Å². The van der Waals surface area contributed by atoms with Crippen molar-refractivity contribution in [2.24, 2.45) is 0 Å². The Kier molecular flexibility index (Phi) is 2.00. The minimum Gasteiger partial charge on any atom is -0.455 e. The first-order chi connectivity index (χ1) is 8.84. The zero-order chi connectivity index (χ0) is 12.1. The fraction of sp³-hybridized carbons (Fsp3) is 0. The molecule has 4 aromatic rings. The Bertz CT molecular complexity index is 895. The fourth-order valence-corrected chi connectivity index (χ4v) is 2.95. The highest BCUT2D eigenvalue weighted by molar-refractivity contribution is 9.10. The minimum atomic E-state index is 0.886. The number of benzene rings is 2. The van der Waals surface area contributed by atoms with Crippen LogP contribution in [0.2, 0.25) is 0 Å². The average molecular weight is 298 g/mol. The van der Waals surface area contributed by atoms with Gasteiger partial charge in [-0.25, -0.2) is 0 Å². The van der Waals surface area contributed by atoms with Gasteiger partial charge < -0.3 is 4.42 Å². The van der Waals surface area contributed by atoms with E-state index in [9.17, 15) is 0 Å². The molecular weight excluding hydrogens is 290 g/mol. The molecule has 2 heterocycles. The normalized spacial score (nSPS) is 11.6. The molecule has 0 atom stereocenters. The standard InChI is InChI=1S/C15H8BrNO/c16-12-7-9-5-6-17-8-11(9)14-10-3-1-2-4-13(10)18-15(12)14/h1-8H. The summed E-state index contributed by atoms with van der Waals surface area (Å²) >= 11 is 3.58. The molecule has 0 unspecified atom stereocenters. The lowest BCUT2D eigenvalue weighted by Crippen LogP contribution is -1.78. The molecule has 0 amide bonds. The topological polar surface area (TPSA) is 26.0 Å². The molecular formula is C15H8BrNO. The predicted octanol–water partition coefficient (Wildman–Crippen LogP) is 4.90. The number of hydrogen-bond donors (Lipinski definition) is 0. The van der Waals surface area contributed by atoms with E-state index in [0.29, 0.717) is 0 Å². The molecule has 0 fully saturated rings. The minimum absolute atomic E-state index is 0.886. The molecule has 0 aliphatic heterocycles. The van der Waals surface area contributed by atoms with Crippen molar-refractivity contribution in [3.63, 3.8) is 0 Å². The smallest absolute Gasteiger partial charge is 0.150 e. The van der Waals surface area contributed by atoms with Crippen LogP contribution in [0.5, 0.6) is 0 Å².